The molecule has 6 nitrogen and oxygen atoms in total. The molecule has 3 aromatic rings. The molecule has 0 amide bonds. The van der Waals surface area contributed by atoms with Crippen molar-refractivity contribution >= 4 is 38.9 Å². The monoisotopic (exact) mass is 484 g/mol. The predicted octanol–water partition coefficient (Wildman–Crippen LogP) is 5.68. The summed E-state index contributed by atoms with van der Waals surface area (Å²) in [5.41, 5.74) is 1.86. The average molecular weight is 485 g/mol. The molecule has 33 heavy (non-hydrogen) atoms. The number of Topliss-reactive ketones (excluding diaryl/α,β-unsaturated/α-hetero) is 2. The number of rotatable bonds is 9. The van der Waals surface area contributed by atoms with E-state index < -0.39 is 15.8 Å². The maximum atomic E-state index is 13.2. The normalized spacial score (nSPS) is 11.4. The molecule has 0 spiro atoms. The van der Waals surface area contributed by atoms with E-state index in [4.69, 9.17) is 11.6 Å². The molecule has 0 aliphatic heterocycles. The van der Waals surface area contributed by atoms with Gasteiger partial charge in [0, 0.05) is 24.4 Å². The van der Waals surface area contributed by atoms with Gasteiger partial charge in [-0.25, -0.2) is 8.42 Å². The van der Waals surface area contributed by atoms with Crippen molar-refractivity contribution < 1.29 is 18.0 Å². The van der Waals surface area contributed by atoms with E-state index in [1.165, 1.54) is 31.2 Å². The lowest BCUT2D eigenvalue weighted by Gasteiger charge is -2.16. The number of aromatic nitrogens is 1. The molecule has 2 aromatic carbocycles. The number of halogens is 1. The maximum absolute atomic E-state index is 13.2. The topological polar surface area (TPSA) is 93.2 Å². The van der Waals surface area contributed by atoms with Gasteiger partial charge in [0.25, 0.3) is 10.0 Å². The van der Waals surface area contributed by atoms with Crippen LogP contribution in [0.3, 0.4) is 0 Å². The quantitative estimate of drug-likeness (QED) is 0.394. The van der Waals surface area contributed by atoms with Crippen molar-refractivity contribution in [1.82, 2.24) is 4.98 Å². The van der Waals surface area contributed by atoms with Gasteiger partial charge in [0.05, 0.1) is 21.2 Å². The number of hydrogen-bond donors (Lipinski definition) is 1. The van der Waals surface area contributed by atoms with E-state index in [2.05, 4.69) is 9.71 Å². The second-order valence-corrected chi connectivity index (χ2v) is 10.1. The highest BCUT2D eigenvalue weighted by atomic mass is 35.5. The van der Waals surface area contributed by atoms with Gasteiger partial charge in [-0.15, -0.1) is 0 Å². The van der Waals surface area contributed by atoms with Crippen LogP contribution in [-0.4, -0.2) is 25.0 Å². The molecule has 0 unspecified atom stereocenters. The number of hydrogen-bond acceptors (Lipinski definition) is 5. The van der Waals surface area contributed by atoms with Crippen molar-refractivity contribution in [2.45, 2.75) is 44.4 Å². The molecular weight excluding hydrogens is 460 g/mol. The van der Waals surface area contributed by atoms with Gasteiger partial charge in [0.1, 0.15) is 0 Å². The Morgan fingerprint density at radius 2 is 1.73 bits per heavy atom. The molecule has 0 saturated carbocycles. The molecule has 0 saturated heterocycles. The molecule has 1 heterocycles. The van der Waals surface area contributed by atoms with E-state index in [0.29, 0.717) is 6.42 Å². The van der Waals surface area contributed by atoms with Crippen LogP contribution in [0, 0.1) is 0 Å². The Morgan fingerprint density at radius 1 is 1.03 bits per heavy atom. The van der Waals surface area contributed by atoms with Crippen LogP contribution in [0.2, 0.25) is 5.02 Å². The minimum absolute atomic E-state index is 0.00297. The summed E-state index contributed by atoms with van der Waals surface area (Å²) in [5, 5.41) is 0.0939. The van der Waals surface area contributed by atoms with Crippen LogP contribution >= 0.6 is 11.6 Å². The zero-order valence-corrected chi connectivity index (χ0v) is 20.2. The van der Waals surface area contributed by atoms with Crippen molar-refractivity contribution in [3.05, 3.63) is 88.2 Å². The standard InChI is InChI=1S/C25H25ClN2O4S/c1-16(2)19-7-9-20(10-8-19)33(31,32)28-22-12-11-21(26)24(17(3)29)25(22)23(30)13-6-18-5-4-14-27-15-18/h4-5,7-12,14-16,28H,6,13H2,1-3H3. The summed E-state index contributed by atoms with van der Waals surface area (Å²) in [6.45, 7) is 5.33. The number of sulfonamides is 1. The van der Waals surface area contributed by atoms with Crippen LogP contribution in [0.5, 0.6) is 0 Å². The summed E-state index contributed by atoms with van der Waals surface area (Å²) in [4.78, 5) is 29.6. The van der Waals surface area contributed by atoms with E-state index in [0.717, 1.165) is 11.1 Å². The summed E-state index contributed by atoms with van der Waals surface area (Å²) < 4.78 is 28.6. The number of ketones is 2. The van der Waals surface area contributed by atoms with E-state index >= 15 is 0 Å². The number of carbonyl (C=O) groups excluding carboxylic acids is 2. The molecule has 0 aliphatic carbocycles. The lowest BCUT2D eigenvalue weighted by atomic mass is 9.95. The molecule has 1 aromatic heterocycles. The summed E-state index contributed by atoms with van der Waals surface area (Å²) in [6, 6.07) is 13.0. The average Bonchev–Trinajstić information content (AvgIpc) is 2.78. The Morgan fingerprint density at radius 3 is 2.30 bits per heavy atom. The minimum Gasteiger partial charge on any atom is -0.294 e. The Kier molecular flexibility index (Phi) is 7.66. The SMILES string of the molecule is CC(=O)c1c(Cl)ccc(NS(=O)(=O)c2ccc(C(C)C)cc2)c1C(=O)CCc1cccnc1. The molecule has 0 atom stereocenters. The van der Waals surface area contributed by atoms with Gasteiger partial charge in [-0.05, 0) is 60.7 Å². The lowest BCUT2D eigenvalue weighted by molar-refractivity contribution is 0.0963. The van der Waals surface area contributed by atoms with E-state index in [9.17, 15) is 18.0 Å². The first-order valence-corrected chi connectivity index (χ1v) is 12.3. The van der Waals surface area contributed by atoms with Crippen LogP contribution in [-0.2, 0) is 16.4 Å². The van der Waals surface area contributed by atoms with Crippen molar-refractivity contribution in [2.75, 3.05) is 4.72 Å². The molecular formula is C25H25ClN2O4S. The first-order valence-electron chi connectivity index (χ1n) is 10.5. The molecule has 172 valence electrons. The van der Waals surface area contributed by atoms with Crippen LogP contribution in [0.4, 0.5) is 5.69 Å². The molecule has 0 radical (unpaired) electrons. The van der Waals surface area contributed by atoms with Gasteiger partial charge < -0.3 is 0 Å². The van der Waals surface area contributed by atoms with Gasteiger partial charge in [-0.1, -0.05) is 43.6 Å². The molecule has 3 rings (SSSR count). The summed E-state index contributed by atoms with van der Waals surface area (Å²) >= 11 is 6.23. The third-order valence-electron chi connectivity index (χ3n) is 5.25. The second-order valence-electron chi connectivity index (χ2n) is 8.01. The van der Waals surface area contributed by atoms with Crippen molar-refractivity contribution in [3.63, 3.8) is 0 Å². The Labute approximate surface area is 199 Å². The Hall–Kier alpha value is -3.03. The fourth-order valence-electron chi connectivity index (χ4n) is 3.46. The molecule has 8 heteroatoms. The number of aryl methyl sites for hydroxylation is 1. The highest BCUT2D eigenvalue weighted by Gasteiger charge is 2.25. The van der Waals surface area contributed by atoms with Crippen LogP contribution in [0.25, 0.3) is 0 Å². The van der Waals surface area contributed by atoms with Crippen LogP contribution in [0.15, 0.2) is 65.8 Å². The van der Waals surface area contributed by atoms with E-state index in [1.54, 1.807) is 30.6 Å². The number of nitrogens with one attached hydrogen (secondary N) is 1. The number of pyridine rings is 1. The van der Waals surface area contributed by atoms with Gasteiger partial charge in [0.2, 0.25) is 0 Å². The summed E-state index contributed by atoms with van der Waals surface area (Å²) in [7, 11) is -4.00. The highest BCUT2D eigenvalue weighted by molar-refractivity contribution is 7.92. The van der Waals surface area contributed by atoms with E-state index in [1.807, 2.05) is 19.9 Å². The van der Waals surface area contributed by atoms with Gasteiger partial charge in [-0.3, -0.25) is 19.3 Å². The third-order valence-corrected chi connectivity index (χ3v) is 6.95. The van der Waals surface area contributed by atoms with Gasteiger partial charge in [-0.2, -0.15) is 0 Å². The fourth-order valence-corrected chi connectivity index (χ4v) is 4.82. The van der Waals surface area contributed by atoms with Gasteiger partial charge in [0.15, 0.2) is 11.6 Å². The zero-order chi connectivity index (χ0) is 24.2. The number of nitrogens with zero attached hydrogens (tertiary/aromatic N) is 1. The number of anilines is 1. The first-order chi connectivity index (χ1) is 15.6. The summed E-state index contributed by atoms with van der Waals surface area (Å²) in [5.74, 6) is -0.556. The van der Waals surface area contributed by atoms with Gasteiger partial charge >= 0.3 is 0 Å². The molecule has 0 fully saturated rings. The molecule has 0 bridgehead atoms. The Bertz CT molecular complexity index is 1270. The largest absolute Gasteiger partial charge is 0.294 e. The lowest BCUT2D eigenvalue weighted by Crippen LogP contribution is -2.18. The molecule has 1 N–H and O–H groups in total. The Balaban J connectivity index is 1.98. The van der Waals surface area contributed by atoms with E-state index in [-0.39, 0.29) is 44.9 Å². The van der Waals surface area contributed by atoms with Crippen molar-refractivity contribution in [1.29, 1.82) is 0 Å². The first kappa shape index (κ1) is 24.6. The van der Waals surface area contributed by atoms with Crippen LogP contribution in [0.1, 0.15) is 65.0 Å². The smallest absolute Gasteiger partial charge is 0.261 e. The zero-order valence-electron chi connectivity index (χ0n) is 18.6. The van der Waals surface area contributed by atoms with Crippen LogP contribution < -0.4 is 4.72 Å². The highest BCUT2D eigenvalue weighted by Crippen LogP contribution is 2.31. The number of benzene rings is 2. The molecule has 0 aliphatic rings. The predicted molar refractivity (Wildman–Crippen MR) is 130 cm³/mol. The van der Waals surface area contributed by atoms with Crippen molar-refractivity contribution in [3.8, 4) is 0 Å². The maximum Gasteiger partial charge on any atom is 0.261 e. The second kappa shape index (κ2) is 10.3. The summed E-state index contributed by atoms with van der Waals surface area (Å²) in [6.07, 6.45) is 3.74. The number of carbonyl (C=O) groups is 2. The third kappa shape index (κ3) is 5.86. The van der Waals surface area contributed by atoms with Crippen molar-refractivity contribution in [2.24, 2.45) is 0 Å². The fraction of sp³-hybridized carbons (Fsp3) is 0.240. The minimum atomic E-state index is -4.00.